The molecule has 0 heterocycles. The van der Waals surface area contributed by atoms with E-state index in [0.29, 0.717) is 6.07 Å². The Morgan fingerprint density at radius 2 is 1.64 bits per heavy atom. The lowest BCUT2D eigenvalue weighted by molar-refractivity contribution is -0.393. The van der Waals surface area contributed by atoms with Crippen molar-refractivity contribution in [2.75, 3.05) is 18.6 Å². The zero-order valence-corrected chi connectivity index (χ0v) is 13.3. The number of non-ortho nitro benzene ring substituents is 1. The van der Waals surface area contributed by atoms with Gasteiger partial charge in [0, 0.05) is 6.07 Å². The molecule has 12 nitrogen and oxygen atoms in total. The van der Waals surface area contributed by atoms with Gasteiger partial charge in [0.2, 0.25) is 0 Å². The fourth-order valence-electron chi connectivity index (χ4n) is 1.57. The topological polar surface area (TPSA) is 163 Å². The predicted octanol–water partition coefficient (Wildman–Crippen LogP) is 1.40. The molecule has 12 heteroatoms. The smallest absolute Gasteiger partial charge is 0.366 e. The molecule has 0 saturated heterocycles. The molecule has 1 aromatic carbocycles. The van der Waals surface area contributed by atoms with Crippen molar-refractivity contribution in [1.29, 1.82) is 0 Å². The summed E-state index contributed by atoms with van der Waals surface area (Å²) in [4.78, 5) is 43.5. The van der Waals surface area contributed by atoms with E-state index in [4.69, 9.17) is 0 Å². The molecule has 0 aliphatic rings. The van der Waals surface area contributed by atoms with Crippen molar-refractivity contribution in [3.05, 3.63) is 38.4 Å². The normalized spacial score (nSPS) is 9.68. The Hall–Kier alpha value is -3.57. The molecule has 0 saturated carbocycles. The van der Waals surface area contributed by atoms with Gasteiger partial charge >= 0.3 is 17.6 Å². The van der Waals surface area contributed by atoms with E-state index in [2.05, 4.69) is 20.0 Å². The van der Waals surface area contributed by atoms with E-state index >= 15 is 0 Å². The van der Waals surface area contributed by atoms with Crippen LogP contribution in [0.5, 0.6) is 0 Å². The highest BCUT2D eigenvalue weighted by Crippen LogP contribution is 2.28. The maximum Gasteiger partial charge on any atom is 0.366 e. The maximum atomic E-state index is 11.7. The Morgan fingerprint density at radius 1 is 1.08 bits per heavy atom. The average Bonchev–Trinajstić information content (AvgIpc) is 2.55. The Balaban J connectivity index is 3.21. The summed E-state index contributed by atoms with van der Waals surface area (Å²) in [5.74, 6) is -2.17. The van der Waals surface area contributed by atoms with Crippen molar-refractivity contribution in [2.24, 2.45) is 5.10 Å². The lowest BCUT2D eigenvalue weighted by Gasteiger charge is -2.07. The maximum absolute atomic E-state index is 11.7. The lowest BCUT2D eigenvalue weighted by Crippen LogP contribution is -2.29. The third kappa shape index (κ3) is 5.23. The zero-order valence-electron chi connectivity index (χ0n) is 13.3. The average molecular weight is 354 g/mol. The van der Waals surface area contributed by atoms with E-state index in [0.717, 1.165) is 12.1 Å². The Bertz CT molecular complexity index is 711. The fraction of sp³-hybridized carbons (Fsp3) is 0.308. The highest BCUT2D eigenvalue weighted by Gasteiger charge is 2.25. The van der Waals surface area contributed by atoms with Gasteiger partial charge in [0.25, 0.3) is 11.4 Å². The summed E-state index contributed by atoms with van der Waals surface area (Å²) in [5, 5.41) is 25.2. The SMILES string of the molecule is CCOC(=O)C(=NNc1ccc([N+](=O)[O-])cc1[N+](=O)[O-])C(=O)OCC. The number of benzene rings is 1. The molecule has 1 rings (SSSR count). The fourth-order valence-corrected chi connectivity index (χ4v) is 1.57. The second-order valence-corrected chi connectivity index (χ2v) is 4.23. The number of esters is 2. The summed E-state index contributed by atoms with van der Waals surface area (Å²) in [5.41, 5.74) is -0.0188. The Labute approximate surface area is 140 Å². The van der Waals surface area contributed by atoms with Gasteiger partial charge in [-0.3, -0.25) is 25.7 Å². The van der Waals surface area contributed by atoms with Gasteiger partial charge in [-0.05, 0) is 19.9 Å². The molecule has 0 bridgehead atoms. The molecular weight excluding hydrogens is 340 g/mol. The van der Waals surface area contributed by atoms with Crippen LogP contribution in [-0.4, -0.2) is 40.7 Å². The standard InChI is InChI=1S/C13H14N4O8/c1-3-24-12(18)11(13(19)25-4-2)15-14-9-6-5-8(16(20)21)7-10(9)17(22)23/h5-7,14H,3-4H2,1-2H3. The van der Waals surface area contributed by atoms with Crippen molar-refractivity contribution in [3.63, 3.8) is 0 Å². The van der Waals surface area contributed by atoms with Crippen LogP contribution in [0, 0.1) is 20.2 Å². The molecule has 0 aliphatic carbocycles. The number of hydrogen-bond donors (Lipinski definition) is 1. The summed E-state index contributed by atoms with van der Waals surface area (Å²) in [7, 11) is 0. The summed E-state index contributed by atoms with van der Waals surface area (Å²) in [6.45, 7) is 2.95. The molecule has 1 aromatic rings. The van der Waals surface area contributed by atoms with E-state index in [1.165, 1.54) is 13.8 Å². The first-order chi connectivity index (χ1) is 11.8. The van der Waals surface area contributed by atoms with E-state index < -0.39 is 38.9 Å². The molecule has 0 aliphatic heterocycles. The third-order valence-electron chi connectivity index (χ3n) is 2.61. The first kappa shape index (κ1) is 19.5. The van der Waals surface area contributed by atoms with Gasteiger partial charge < -0.3 is 9.47 Å². The van der Waals surface area contributed by atoms with Crippen LogP contribution in [-0.2, 0) is 19.1 Å². The molecule has 0 fully saturated rings. The number of carbonyl (C=O) groups is 2. The number of anilines is 1. The van der Waals surface area contributed by atoms with Crippen LogP contribution >= 0.6 is 0 Å². The first-order valence-corrected chi connectivity index (χ1v) is 6.92. The van der Waals surface area contributed by atoms with Gasteiger partial charge in [-0.1, -0.05) is 0 Å². The van der Waals surface area contributed by atoms with Crippen LogP contribution in [0.3, 0.4) is 0 Å². The van der Waals surface area contributed by atoms with Crippen LogP contribution in [0.1, 0.15) is 13.8 Å². The van der Waals surface area contributed by atoms with Crippen LogP contribution in [0.4, 0.5) is 17.1 Å². The van der Waals surface area contributed by atoms with Gasteiger partial charge in [-0.15, -0.1) is 0 Å². The minimum absolute atomic E-state index is 0.0328. The molecule has 0 unspecified atom stereocenters. The number of rotatable bonds is 8. The minimum atomic E-state index is -1.09. The van der Waals surface area contributed by atoms with Crippen molar-refractivity contribution in [1.82, 2.24) is 0 Å². The number of nitro benzene ring substituents is 2. The molecule has 0 aromatic heterocycles. The quantitative estimate of drug-likeness (QED) is 0.239. The van der Waals surface area contributed by atoms with Gasteiger partial charge in [0.15, 0.2) is 0 Å². The predicted molar refractivity (Wildman–Crippen MR) is 84.1 cm³/mol. The molecule has 0 atom stereocenters. The largest absolute Gasteiger partial charge is 0.461 e. The second-order valence-electron chi connectivity index (χ2n) is 4.23. The molecule has 1 N–H and O–H groups in total. The highest BCUT2D eigenvalue weighted by molar-refractivity contribution is 6.62. The van der Waals surface area contributed by atoms with Gasteiger partial charge in [0.05, 0.1) is 29.1 Å². The Kier molecular flexibility index (Phi) is 6.94. The number of nitro groups is 2. The van der Waals surface area contributed by atoms with Crippen molar-refractivity contribution in [2.45, 2.75) is 13.8 Å². The van der Waals surface area contributed by atoms with E-state index in [-0.39, 0.29) is 18.9 Å². The molecule has 134 valence electrons. The molecule has 0 amide bonds. The van der Waals surface area contributed by atoms with Gasteiger partial charge in [-0.2, -0.15) is 5.10 Å². The number of ether oxygens (including phenoxy) is 2. The first-order valence-electron chi connectivity index (χ1n) is 6.92. The third-order valence-corrected chi connectivity index (χ3v) is 2.61. The summed E-state index contributed by atoms with van der Waals surface area (Å²) in [6.07, 6.45) is 0. The number of nitrogens with zero attached hydrogens (tertiary/aromatic N) is 3. The van der Waals surface area contributed by atoms with Crippen LogP contribution in [0.2, 0.25) is 0 Å². The summed E-state index contributed by atoms with van der Waals surface area (Å²) in [6, 6.07) is 2.74. The van der Waals surface area contributed by atoms with Crippen LogP contribution in [0.25, 0.3) is 0 Å². The van der Waals surface area contributed by atoms with Crippen molar-refractivity contribution >= 4 is 34.7 Å². The molecule has 0 spiro atoms. The van der Waals surface area contributed by atoms with Crippen LogP contribution in [0.15, 0.2) is 23.3 Å². The van der Waals surface area contributed by atoms with Gasteiger partial charge in [-0.25, -0.2) is 9.59 Å². The van der Waals surface area contributed by atoms with E-state index in [9.17, 15) is 29.8 Å². The molecule has 0 radical (unpaired) electrons. The Morgan fingerprint density at radius 3 is 2.08 bits per heavy atom. The molecular formula is C13H14N4O8. The minimum Gasteiger partial charge on any atom is -0.461 e. The zero-order chi connectivity index (χ0) is 19.0. The monoisotopic (exact) mass is 354 g/mol. The summed E-state index contributed by atoms with van der Waals surface area (Å²) < 4.78 is 9.31. The number of hydrazone groups is 1. The highest BCUT2D eigenvalue weighted by atomic mass is 16.6. The number of hydrogen-bond acceptors (Lipinski definition) is 10. The number of nitrogens with one attached hydrogen (secondary N) is 1. The molecule has 25 heavy (non-hydrogen) atoms. The van der Waals surface area contributed by atoms with Crippen molar-refractivity contribution in [3.8, 4) is 0 Å². The van der Waals surface area contributed by atoms with Gasteiger partial charge in [0.1, 0.15) is 5.69 Å². The number of carbonyl (C=O) groups excluding carboxylic acids is 2. The summed E-state index contributed by atoms with van der Waals surface area (Å²) >= 11 is 0. The van der Waals surface area contributed by atoms with Crippen molar-refractivity contribution < 1.29 is 28.9 Å². The lowest BCUT2D eigenvalue weighted by atomic mass is 10.2. The van der Waals surface area contributed by atoms with E-state index in [1.807, 2.05) is 0 Å². The second kappa shape index (κ2) is 8.90. The van der Waals surface area contributed by atoms with E-state index in [1.54, 1.807) is 0 Å². The van der Waals surface area contributed by atoms with Crippen LogP contribution < -0.4 is 5.43 Å².